The first-order valence-electron chi connectivity index (χ1n) is 9.66. The Bertz CT molecular complexity index is 767. The zero-order valence-corrected chi connectivity index (χ0v) is 15.8. The molecule has 1 aromatic carbocycles. The Kier molecular flexibility index (Phi) is 5.11. The average molecular weight is 370 g/mol. The molecule has 2 saturated heterocycles. The Morgan fingerprint density at radius 2 is 1.89 bits per heavy atom. The molecule has 0 aliphatic carbocycles. The van der Waals surface area contributed by atoms with Gasteiger partial charge in [-0.05, 0) is 49.6 Å². The van der Waals surface area contributed by atoms with Gasteiger partial charge < -0.3 is 20.4 Å². The summed E-state index contributed by atoms with van der Waals surface area (Å²) >= 11 is 0. The number of hydrogen-bond donors (Lipinski definition) is 1. The van der Waals surface area contributed by atoms with Gasteiger partial charge in [0.25, 0.3) is 0 Å². The average Bonchev–Trinajstić information content (AvgIpc) is 3.14. The van der Waals surface area contributed by atoms with Gasteiger partial charge in [-0.15, -0.1) is 0 Å². The number of benzene rings is 1. The van der Waals surface area contributed by atoms with Gasteiger partial charge in [0.1, 0.15) is 12.0 Å². The van der Waals surface area contributed by atoms with Gasteiger partial charge in [0.2, 0.25) is 5.95 Å². The molecule has 1 aromatic heterocycles. The van der Waals surface area contributed by atoms with Crippen molar-refractivity contribution >= 4 is 23.1 Å². The molecule has 3 heterocycles. The van der Waals surface area contributed by atoms with Crippen LogP contribution in [0, 0.1) is 0 Å². The lowest BCUT2D eigenvalue weighted by molar-refractivity contribution is 0.364. The molecule has 4 rings (SSSR count). The molecule has 0 spiro atoms. The minimum absolute atomic E-state index is 0.256. The van der Waals surface area contributed by atoms with Crippen molar-refractivity contribution in [2.45, 2.75) is 31.5 Å². The number of halogens is 1. The van der Waals surface area contributed by atoms with E-state index in [0.29, 0.717) is 25.5 Å². The van der Waals surface area contributed by atoms with Crippen LogP contribution in [0.25, 0.3) is 0 Å². The van der Waals surface area contributed by atoms with Crippen LogP contribution in [0.3, 0.4) is 0 Å². The van der Waals surface area contributed by atoms with Gasteiger partial charge in [-0.2, -0.15) is 4.98 Å². The summed E-state index contributed by atoms with van der Waals surface area (Å²) in [6, 6.07) is 10.5. The van der Waals surface area contributed by atoms with E-state index in [2.05, 4.69) is 39.1 Å². The zero-order valence-electron chi connectivity index (χ0n) is 15.8. The third-order valence-corrected chi connectivity index (χ3v) is 5.44. The van der Waals surface area contributed by atoms with Crippen LogP contribution in [-0.2, 0) is 0 Å². The summed E-state index contributed by atoms with van der Waals surface area (Å²) in [4.78, 5) is 15.3. The van der Waals surface area contributed by atoms with Gasteiger partial charge in [0.05, 0.1) is 6.54 Å². The highest BCUT2D eigenvalue weighted by Gasteiger charge is 2.23. The van der Waals surface area contributed by atoms with E-state index in [1.54, 1.807) is 6.20 Å². The van der Waals surface area contributed by atoms with E-state index >= 15 is 0 Å². The smallest absolute Gasteiger partial charge is 0.231 e. The molecule has 2 unspecified atom stereocenters. The van der Waals surface area contributed by atoms with Crippen molar-refractivity contribution in [2.75, 3.05) is 47.9 Å². The van der Waals surface area contributed by atoms with Crippen molar-refractivity contribution in [1.82, 2.24) is 9.97 Å². The number of aromatic nitrogens is 2. The molecule has 2 atom stereocenters. The van der Waals surface area contributed by atoms with Gasteiger partial charge in [0.15, 0.2) is 0 Å². The van der Waals surface area contributed by atoms with Crippen molar-refractivity contribution in [1.29, 1.82) is 0 Å². The van der Waals surface area contributed by atoms with Crippen LogP contribution in [-0.4, -0.2) is 55.4 Å². The van der Waals surface area contributed by atoms with Crippen molar-refractivity contribution in [3.8, 4) is 0 Å². The van der Waals surface area contributed by atoms with Gasteiger partial charge in [-0.3, -0.25) is 0 Å². The number of alkyl halides is 1. The zero-order chi connectivity index (χ0) is 18.8. The van der Waals surface area contributed by atoms with E-state index in [-0.39, 0.29) is 6.04 Å². The van der Waals surface area contributed by atoms with Gasteiger partial charge in [-0.1, -0.05) is 0 Å². The van der Waals surface area contributed by atoms with E-state index in [4.69, 9.17) is 5.73 Å². The molecule has 2 aromatic rings. The van der Waals surface area contributed by atoms with Gasteiger partial charge in [-0.25, -0.2) is 9.37 Å². The monoisotopic (exact) mass is 370 g/mol. The lowest BCUT2D eigenvalue weighted by atomic mass is 10.1. The fraction of sp³-hybridized carbons (Fsp3) is 0.500. The summed E-state index contributed by atoms with van der Waals surface area (Å²) in [5.74, 6) is 1.40. The first-order chi connectivity index (χ1) is 13.1. The molecule has 2 aliphatic rings. The number of nitrogens with zero attached hydrogens (tertiary/aromatic N) is 5. The van der Waals surface area contributed by atoms with Crippen LogP contribution in [0.2, 0.25) is 0 Å². The standard InChI is InChI=1S/C20H27FN6/c1-25(20-23-10-8-19(24-20)27-12-9-15(21)13-27)17-4-6-18(7-5-17)26-11-2-3-16(22)14-26/h4-8,10,15-16H,2-3,9,11-14,22H2,1H3. The van der Waals surface area contributed by atoms with Crippen molar-refractivity contribution in [2.24, 2.45) is 5.73 Å². The minimum atomic E-state index is -0.767. The molecular formula is C20H27FN6. The first kappa shape index (κ1) is 18.0. The molecule has 7 heteroatoms. The molecule has 2 N–H and O–H groups in total. The van der Waals surface area contributed by atoms with E-state index < -0.39 is 6.17 Å². The molecule has 144 valence electrons. The predicted octanol–water partition coefficient (Wildman–Crippen LogP) is 2.72. The normalized spacial score (nSPS) is 22.9. The van der Waals surface area contributed by atoms with Crippen molar-refractivity contribution in [3.05, 3.63) is 36.5 Å². The van der Waals surface area contributed by atoms with Crippen LogP contribution < -0.4 is 20.4 Å². The van der Waals surface area contributed by atoms with Gasteiger partial charge in [0, 0.05) is 50.3 Å². The molecule has 2 fully saturated rings. The minimum Gasteiger partial charge on any atom is -0.370 e. The SMILES string of the molecule is CN(c1ccc(N2CCCC(N)C2)cc1)c1nccc(N2CCC(F)C2)n1. The number of hydrogen-bond acceptors (Lipinski definition) is 6. The second-order valence-electron chi connectivity index (χ2n) is 7.47. The van der Waals surface area contributed by atoms with Crippen molar-refractivity contribution in [3.63, 3.8) is 0 Å². The second-order valence-corrected chi connectivity index (χ2v) is 7.47. The summed E-state index contributed by atoms with van der Waals surface area (Å²) in [5, 5.41) is 0. The highest BCUT2D eigenvalue weighted by molar-refractivity contribution is 5.62. The van der Waals surface area contributed by atoms with Crippen LogP contribution in [0.1, 0.15) is 19.3 Å². The number of rotatable bonds is 4. The Hall–Kier alpha value is -2.41. The lowest BCUT2D eigenvalue weighted by Gasteiger charge is -2.32. The largest absolute Gasteiger partial charge is 0.370 e. The van der Waals surface area contributed by atoms with E-state index in [1.165, 1.54) is 5.69 Å². The second kappa shape index (κ2) is 7.68. The predicted molar refractivity (Wildman–Crippen MR) is 108 cm³/mol. The van der Waals surface area contributed by atoms with Crippen LogP contribution in [0.4, 0.5) is 27.5 Å². The molecule has 0 bridgehead atoms. The summed E-state index contributed by atoms with van der Waals surface area (Å²) in [6.45, 7) is 3.08. The number of anilines is 4. The lowest BCUT2D eigenvalue weighted by Crippen LogP contribution is -2.42. The molecule has 0 amide bonds. The maximum absolute atomic E-state index is 13.5. The Balaban J connectivity index is 1.48. The topological polar surface area (TPSA) is 61.5 Å². The molecule has 27 heavy (non-hydrogen) atoms. The fourth-order valence-electron chi connectivity index (χ4n) is 3.85. The third-order valence-electron chi connectivity index (χ3n) is 5.44. The molecular weight excluding hydrogens is 343 g/mol. The molecule has 0 saturated carbocycles. The number of nitrogens with two attached hydrogens (primary N) is 1. The molecule has 2 aliphatic heterocycles. The summed E-state index contributed by atoms with van der Waals surface area (Å²) in [7, 11) is 1.95. The van der Waals surface area contributed by atoms with Crippen LogP contribution in [0.15, 0.2) is 36.5 Å². The van der Waals surface area contributed by atoms with E-state index in [0.717, 1.165) is 37.4 Å². The third kappa shape index (κ3) is 3.98. The maximum atomic E-state index is 13.5. The Morgan fingerprint density at radius 1 is 1.07 bits per heavy atom. The number of piperidine rings is 1. The quantitative estimate of drug-likeness (QED) is 0.893. The highest BCUT2D eigenvalue weighted by atomic mass is 19.1. The fourth-order valence-corrected chi connectivity index (χ4v) is 3.85. The van der Waals surface area contributed by atoms with Gasteiger partial charge >= 0.3 is 0 Å². The maximum Gasteiger partial charge on any atom is 0.231 e. The Labute approximate surface area is 159 Å². The summed E-state index contributed by atoms with van der Waals surface area (Å²) in [6.07, 6.45) is 3.78. The van der Waals surface area contributed by atoms with Crippen LogP contribution in [0.5, 0.6) is 0 Å². The van der Waals surface area contributed by atoms with Crippen molar-refractivity contribution < 1.29 is 4.39 Å². The molecule has 6 nitrogen and oxygen atoms in total. The molecule has 0 radical (unpaired) electrons. The van der Waals surface area contributed by atoms with E-state index in [9.17, 15) is 4.39 Å². The van der Waals surface area contributed by atoms with Crippen LogP contribution >= 0.6 is 0 Å². The summed E-state index contributed by atoms with van der Waals surface area (Å²) in [5.41, 5.74) is 8.31. The first-order valence-corrected chi connectivity index (χ1v) is 9.66. The highest BCUT2D eigenvalue weighted by Crippen LogP contribution is 2.27. The summed E-state index contributed by atoms with van der Waals surface area (Å²) < 4.78 is 13.5. The Morgan fingerprint density at radius 3 is 2.59 bits per heavy atom. The van der Waals surface area contributed by atoms with E-state index in [1.807, 2.05) is 22.9 Å².